The standard InChI is InChI=1S/C16H15ClO4/c1-2-19-12-5-3-4-10(6-12)15(18)11-7-13(17)16-14(8-11)20-9-21-16/h3-8,15,18H,2,9H2,1H3. The van der Waals surface area contributed by atoms with Crippen LogP contribution in [0.3, 0.4) is 0 Å². The lowest BCUT2D eigenvalue weighted by Gasteiger charge is -2.14. The molecular weight excluding hydrogens is 292 g/mol. The van der Waals surface area contributed by atoms with E-state index in [0.717, 1.165) is 11.3 Å². The topological polar surface area (TPSA) is 47.9 Å². The van der Waals surface area contributed by atoms with Gasteiger partial charge in [-0.25, -0.2) is 0 Å². The fourth-order valence-electron chi connectivity index (χ4n) is 2.28. The molecule has 2 aromatic carbocycles. The van der Waals surface area contributed by atoms with Gasteiger partial charge in [0.15, 0.2) is 11.5 Å². The van der Waals surface area contributed by atoms with Gasteiger partial charge in [-0.3, -0.25) is 0 Å². The van der Waals surface area contributed by atoms with E-state index in [1.54, 1.807) is 12.1 Å². The van der Waals surface area contributed by atoms with E-state index in [1.165, 1.54) is 0 Å². The van der Waals surface area contributed by atoms with E-state index in [0.29, 0.717) is 28.7 Å². The van der Waals surface area contributed by atoms with Gasteiger partial charge in [-0.15, -0.1) is 0 Å². The van der Waals surface area contributed by atoms with E-state index in [1.807, 2.05) is 31.2 Å². The van der Waals surface area contributed by atoms with Gasteiger partial charge >= 0.3 is 0 Å². The molecule has 2 aromatic rings. The fourth-order valence-corrected chi connectivity index (χ4v) is 2.55. The summed E-state index contributed by atoms with van der Waals surface area (Å²) in [6.45, 7) is 2.64. The average molecular weight is 307 g/mol. The van der Waals surface area contributed by atoms with Crippen molar-refractivity contribution in [2.24, 2.45) is 0 Å². The SMILES string of the molecule is CCOc1cccc(C(O)c2cc(Cl)c3c(c2)OCO3)c1. The molecule has 3 rings (SSSR count). The first-order valence-electron chi connectivity index (χ1n) is 6.69. The van der Waals surface area contributed by atoms with Crippen LogP contribution in [-0.4, -0.2) is 18.5 Å². The molecule has 21 heavy (non-hydrogen) atoms. The summed E-state index contributed by atoms with van der Waals surface area (Å²) < 4.78 is 16.0. The Labute approximate surface area is 127 Å². The molecule has 0 aromatic heterocycles. The first-order chi connectivity index (χ1) is 10.2. The highest BCUT2D eigenvalue weighted by Gasteiger charge is 2.21. The maximum absolute atomic E-state index is 10.5. The van der Waals surface area contributed by atoms with Crippen LogP contribution < -0.4 is 14.2 Å². The number of fused-ring (bicyclic) bond motifs is 1. The average Bonchev–Trinajstić information content (AvgIpc) is 2.96. The van der Waals surface area contributed by atoms with Crippen LogP contribution in [0, 0.1) is 0 Å². The molecular formula is C16H15ClO4. The third-order valence-electron chi connectivity index (χ3n) is 3.25. The third kappa shape index (κ3) is 2.77. The van der Waals surface area contributed by atoms with Gasteiger partial charge in [0.2, 0.25) is 6.79 Å². The Bertz CT molecular complexity index is 657. The Kier molecular flexibility index (Phi) is 3.90. The van der Waals surface area contributed by atoms with Gasteiger partial charge in [0.1, 0.15) is 11.9 Å². The van der Waals surface area contributed by atoms with Gasteiger partial charge in [0.05, 0.1) is 11.6 Å². The van der Waals surface area contributed by atoms with Crippen molar-refractivity contribution in [3.05, 3.63) is 52.5 Å². The van der Waals surface area contributed by atoms with Crippen molar-refractivity contribution in [1.29, 1.82) is 0 Å². The summed E-state index contributed by atoms with van der Waals surface area (Å²) in [5.41, 5.74) is 1.38. The molecule has 0 bridgehead atoms. The van der Waals surface area contributed by atoms with Crippen LogP contribution in [0.4, 0.5) is 0 Å². The Morgan fingerprint density at radius 1 is 1.24 bits per heavy atom. The summed E-state index contributed by atoms with van der Waals surface area (Å²) in [4.78, 5) is 0. The Morgan fingerprint density at radius 2 is 2.10 bits per heavy atom. The molecule has 0 saturated carbocycles. The van der Waals surface area contributed by atoms with Crippen LogP contribution in [0.5, 0.6) is 17.2 Å². The zero-order chi connectivity index (χ0) is 14.8. The summed E-state index contributed by atoms with van der Waals surface area (Å²) in [5, 5.41) is 11.0. The highest BCUT2D eigenvalue weighted by atomic mass is 35.5. The van der Waals surface area contributed by atoms with E-state index in [4.69, 9.17) is 25.8 Å². The van der Waals surface area contributed by atoms with Crippen LogP contribution in [0.1, 0.15) is 24.2 Å². The molecule has 0 amide bonds. The van der Waals surface area contributed by atoms with Crippen LogP contribution >= 0.6 is 11.6 Å². The molecule has 5 heteroatoms. The summed E-state index contributed by atoms with van der Waals surface area (Å²) >= 11 is 6.15. The zero-order valence-electron chi connectivity index (χ0n) is 11.5. The van der Waals surface area contributed by atoms with E-state index >= 15 is 0 Å². The van der Waals surface area contributed by atoms with Crippen molar-refractivity contribution in [1.82, 2.24) is 0 Å². The lowest BCUT2D eigenvalue weighted by atomic mass is 10.0. The summed E-state index contributed by atoms with van der Waals surface area (Å²) in [6, 6.07) is 10.8. The van der Waals surface area contributed by atoms with Gasteiger partial charge in [0.25, 0.3) is 0 Å². The Balaban J connectivity index is 1.93. The third-order valence-corrected chi connectivity index (χ3v) is 3.53. The van der Waals surface area contributed by atoms with Crippen molar-refractivity contribution in [3.63, 3.8) is 0 Å². The Hall–Kier alpha value is -1.91. The number of hydrogen-bond acceptors (Lipinski definition) is 4. The number of hydrogen-bond donors (Lipinski definition) is 1. The predicted octanol–water partition coefficient (Wildman–Crippen LogP) is 3.55. The fraction of sp³-hybridized carbons (Fsp3) is 0.250. The maximum atomic E-state index is 10.5. The van der Waals surface area contributed by atoms with Gasteiger partial charge in [-0.2, -0.15) is 0 Å². The summed E-state index contributed by atoms with van der Waals surface area (Å²) in [5.74, 6) is 1.80. The van der Waals surface area contributed by atoms with Crippen LogP contribution in [-0.2, 0) is 0 Å². The smallest absolute Gasteiger partial charge is 0.231 e. The minimum atomic E-state index is -0.808. The van der Waals surface area contributed by atoms with Gasteiger partial charge in [-0.05, 0) is 42.3 Å². The minimum Gasteiger partial charge on any atom is -0.494 e. The second-order valence-electron chi connectivity index (χ2n) is 4.64. The first kappa shape index (κ1) is 14.0. The number of benzene rings is 2. The van der Waals surface area contributed by atoms with E-state index < -0.39 is 6.10 Å². The van der Waals surface area contributed by atoms with Gasteiger partial charge < -0.3 is 19.3 Å². The molecule has 110 valence electrons. The molecule has 0 radical (unpaired) electrons. The predicted molar refractivity (Wildman–Crippen MR) is 79.2 cm³/mol. The number of halogens is 1. The molecule has 1 atom stereocenters. The monoisotopic (exact) mass is 306 g/mol. The highest BCUT2D eigenvalue weighted by molar-refractivity contribution is 6.32. The number of rotatable bonds is 4. The number of aliphatic hydroxyl groups excluding tert-OH is 1. The summed E-state index contributed by atoms with van der Waals surface area (Å²) in [6.07, 6.45) is -0.808. The normalized spacial score (nSPS) is 14.0. The molecule has 1 aliphatic heterocycles. The van der Waals surface area contributed by atoms with E-state index in [9.17, 15) is 5.11 Å². The minimum absolute atomic E-state index is 0.147. The highest BCUT2D eigenvalue weighted by Crippen LogP contribution is 2.42. The van der Waals surface area contributed by atoms with Crippen molar-refractivity contribution < 1.29 is 19.3 Å². The van der Waals surface area contributed by atoms with Crippen LogP contribution in [0.15, 0.2) is 36.4 Å². The molecule has 0 aliphatic carbocycles. The number of ether oxygens (including phenoxy) is 3. The molecule has 1 aliphatic rings. The maximum Gasteiger partial charge on any atom is 0.231 e. The molecule has 1 N–H and O–H groups in total. The van der Waals surface area contributed by atoms with Crippen molar-refractivity contribution in [3.8, 4) is 17.2 Å². The first-order valence-corrected chi connectivity index (χ1v) is 7.06. The Morgan fingerprint density at radius 3 is 2.90 bits per heavy atom. The van der Waals surface area contributed by atoms with Crippen molar-refractivity contribution >= 4 is 11.6 Å². The van der Waals surface area contributed by atoms with Gasteiger partial charge in [-0.1, -0.05) is 23.7 Å². The lowest BCUT2D eigenvalue weighted by molar-refractivity contribution is 0.173. The molecule has 0 saturated heterocycles. The van der Waals surface area contributed by atoms with Crippen LogP contribution in [0.2, 0.25) is 5.02 Å². The molecule has 1 unspecified atom stereocenters. The van der Waals surface area contributed by atoms with Crippen molar-refractivity contribution in [2.75, 3.05) is 13.4 Å². The van der Waals surface area contributed by atoms with Gasteiger partial charge in [0, 0.05) is 0 Å². The molecule has 1 heterocycles. The van der Waals surface area contributed by atoms with Crippen molar-refractivity contribution in [2.45, 2.75) is 13.0 Å². The second-order valence-corrected chi connectivity index (χ2v) is 5.05. The molecule has 0 spiro atoms. The second kappa shape index (κ2) is 5.84. The quantitative estimate of drug-likeness (QED) is 0.938. The molecule has 0 fully saturated rings. The number of aliphatic hydroxyl groups is 1. The summed E-state index contributed by atoms with van der Waals surface area (Å²) in [7, 11) is 0. The lowest BCUT2D eigenvalue weighted by Crippen LogP contribution is -2.01. The zero-order valence-corrected chi connectivity index (χ0v) is 12.3. The van der Waals surface area contributed by atoms with E-state index in [-0.39, 0.29) is 6.79 Å². The van der Waals surface area contributed by atoms with E-state index in [2.05, 4.69) is 0 Å². The largest absolute Gasteiger partial charge is 0.494 e. The van der Waals surface area contributed by atoms with Crippen LogP contribution in [0.25, 0.3) is 0 Å². The molecule has 4 nitrogen and oxygen atoms in total.